The Bertz CT molecular complexity index is 528. The summed E-state index contributed by atoms with van der Waals surface area (Å²) < 4.78 is 1.46. The molecule has 1 heterocycles. The summed E-state index contributed by atoms with van der Waals surface area (Å²) >= 11 is 8.77. The van der Waals surface area contributed by atoms with Crippen molar-refractivity contribution in [2.24, 2.45) is 0 Å². The molecule has 0 atom stereocenters. The van der Waals surface area contributed by atoms with E-state index < -0.39 is 0 Å². The van der Waals surface area contributed by atoms with E-state index in [1.807, 2.05) is 6.92 Å². The monoisotopic (exact) mass is 333 g/mol. The van der Waals surface area contributed by atoms with Crippen LogP contribution in [0.2, 0.25) is 5.15 Å². The molecule has 2 rings (SSSR count). The first kappa shape index (κ1) is 13.5. The van der Waals surface area contributed by atoms with Crippen LogP contribution in [0.25, 0.3) is 0 Å². The molecule has 5 nitrogen and oxygen atoms in total. The van der Waals surface area contributed by atoms with Crippen molar-refractivity contribution in [3.05, 3.63) is 26.3 Å². The molecule has 7 heteroatoms. The van der Waals surface area contributed by atoms with Gasteiger partial charge in [0.15, 0.2) is 5.15 Å². The molecule has 0 unspecified atom stereocenters. The molecule has 0 saturated heterocycles. The normalized spacial score (nSPS) is 14.6. The van der Waals surface area contributed by atoms with E-state index in [4.69, 9.17) is 11.6 Å². The highest BCUT2D eigenvalue weighted by molar-refractivity contribution is 9.10. The van der Waals surface area contributed by atoms with Gasteiger partial charge in [-0.05, 0) is 35.7 Å². The predicted molar refractivity (Wildman–Crippen MR) is 71.6 cm³/mol. The fraction of sp³-hybridized carbons (Fsp3) is 0.545. The molecule has 1 fully saturated rings. The van der Waals surface area contributed by atoms with Gasteiger partial charge in [-0.1, -0.05) is 11.6 Å². The van der Waals surface area contributed by atoms with Gasteiger partial charge in [-0.25, -0.2) is 4.98 Å². The Morgan fingerprint density at radius 2 is 2.33 bits per heavy atom. The molecule has 1 aliphatic carbocycles. The average Bonchev–Trinajstić information content (AvgIpc) is 3.15. The van der Waals surface area contributed by atoms with Gasteiger partial charge in [0, 0.05) is 12.6 Å². The fourth-order valence-corrected chi connectivity index (χ4v) is 2.27. The molecule has 1 saturated carbocycles. The maximum Gasteiger partial charge on any atom is 0.269 e. The minimum absolute atomic E-state index is 0.00590. The number of likely N-dealkylation sites (N-methyl/N-ethyl adjacent to an activating group) is 1. The fourth-order valence-electron chi connectivity index (χ4n) is 1.82. The molecule has 98 valence electrons. The Labute approximate surface area is 118 Å². The highest BCUT2D eigenvalue weighted by atomic mass is 79.9. The topological polar surface area (TPSA) is 55.2 Å². The summed E-state index contributed by atoms with van der Waals surface area (Å²) in [6, 6.07) is 0.349. The average molecular weight is 335 g/mol. The second-order valence-corrected chi connectivity index (χ2v) is 5.34. The van der Waals surface area contributed by atoms with Gasteiger partial charge in [-0.15, -0.1) is 0 Å². The molecule has 1 aliphatic rings. The number of rotatable bonds is 4. The van der Waals surface area contributed by atoms with E-state index in [0.717, 1.165) is 12.8 Å². The number of amides is 1. The van der Waals surface area contributed by atoms with Crippen LogP contribution in [0.4, 0.5) is 0 Å². The highest BCUT2D eigenvalue weighted by Gasteiger charge is 2.31. The lowest BCUT2D eigenvalue weighted by Crippen LogP contribution is -2.38. The standard InChI is InChI=1S/C11H13BrClN3O2/c1-2-16(7-3-4-7)8(17)5-15-6-14-10(13)9(12)11(15)18/h6-7H,2-5H2,1H3. The maximum absolute atomic E-state index is 12.1. The summed E-state index contributed by atoms with van der Waals surface area (Å²) in [5.41, 5.74) is -0.338. The van der Waals surface area contributed by atoms with E-state index in [1.165, 1.54) is 10.9 Å². The number of hydrogen-bond acceptors (Lipinski definition) is 3. The number of aromatic nitrogens is 2. The maximum atomic E-state index is 12.1. The lowest BCUT2D eigenvalue weighted by molar-refractivity contribution is -0.132. The Hall–Kier alpha value is -0.880. The third-order valence-electron chi connectivity index (χ3n) is 2.89. The summed E-state index contributed by atoms with van der Waals surface area (Å²) in [6.07, 6.45) is 3.40. The van der Waals surface area contributed by atoms with Crippen LogP contribution in [0.15, 0.2) is 15.6 Å². The van der Waals surface area contributed by atoms with Crippen LogP contribution in [0.5, 0.6) is 0 Å². The first-order valence-electron chi connectivity index (χ1n) is 5.74. The van der Waals surface area contributed by atoms with E-state index >= 15 is 0 Å². The van der Waals surface area contributed by atoms with Crippen molar-refractivity contribution in [1.82, 2.24) is 14.5 Å². The zero-order valence-electron chi connectivity index (χ0n) is 9.90. The van der Waals surface area contributed by atoms with E-state index in [2.05, 4.69) is 20.9 Å². The van der Waals surface area contributed by atoms with E-state index in [9.17, 15) is 9.59 Å². The van der Waals surface area contributed by atoms with Crippen molar-refractivity contribution >= 4 is 33.4 Å². The summed E-state index contributed by atoms with van der Waals surface area (Å²) in [5, 5.41) is 0.109. The number of hydrogen-bond donors (Lipinski definition) is 0. The van der Waals surface area contributed by atoms with Gasteiger partial charge in [-0.3, -0.25) is 14.2 Å². The van der Waals surface area contributed by atoms with E-state index in [-0.39, 0.29) is 27.6 Å². The second-order valence-electron chi connectivity index (χ2n) is 4.19. The first-order valence-corrected chi connectivity index (χ1v) is 6.91. The van der Waals surface area contributed by atoms with Crippen LogP contribution in [-0.2, 0) is 11.3 Å². The molecular weight excluding hydrogens is 321 g/mol. The summed E-state index contributed by atoms with van der Waals surface area (Å²) in [5.74, 6) is -0.0573. The zero-order chi connectivity index (χ0) is 13.3. The van der Waals surface area contributed by atoms with Gasteiger partial charge in [0.2, 0.25) is 5.91 Å². The van der Waals surface area contributed by atoms with Gasteiger partial charge in [-0.2, -0.15) is 0 Å². The molecular formula is C11H13BrClN3O2. The molecule has 0 aromatic carbocycles. The Morgan fingerprint density at radius 3 is 2.89 bits per heavy atom. The molecule has 0 bridgehead atoms. The molecule has 0 radical (unpaired) electrons. The molecule has 18 heavy (non-hydrogen) atoms. The third-order valence-corrected chi connectivity index (χ3v) is 4.12. The number of carbonyl (C=O) groups excluding carboxylic acids is 1. The van der Waals surface area contributed by atoms with Gasteiger partial charge in [0.05, 0.1) is 6.33 Å². The van der Waals surface area contributed by atoms with Gasteiger partial charge < -0.3 is 4.90 Å². The molecule has 1 aromatic rings. The predicted octanol–water partition coefficient (Wildman–Crippen LogP) is 1.67. The summed E-state index contributed by atoms with van der Waals surface area (Å²) in [6.45, 7) is 2.61. The molecule has 1 amide bonds. The van der Waals surface area contributed by atoms with Crippen LogP contribution in [0, 0.1) is 0 Å². The Balaban J connectivity index is 2.16. The Kier molecular flexibility index (Phi) is 4.07. The smallest absolute Gasteiger partial charge is 0.269 e. The Morgan fingerprint density at radius 1 is 1.67 bits per heavy atom. The van der Waals surface area contributed by atoms with Gasteiger partial charge in [0.25, 0.3) is 5.56 Å². The summed E-state index contributed by atoms with van der Waals surface area (Å²) in [4.78, 5) is 29.6. The quantitative estimate of drug-likeness (QED) is 0.787. The van der Waals surface area contributed by atoms with Crippen molar-refractivity contribution in [3.8, 4) is 0 Å². The van der Waals surface area contributed by atoms with Crippen LogP contribution in [-0.4, -0.2) is 32.9 Å². The van der Waals surface area contributed by atoms with Crippen LogP contribution < -0.4 is 5.56 Å². The molecule has 0 N–H and O–H groups in total. The van der Waals surface area contributed by atoms with Crippen molar-refractivity contribution in [1.29, 1.82) is 0 Å². The number of nitrogens with zero attached hydrogens (tertiary/aromatic N) is 3. The largest absolute Gasteiger partial charge is 0.338 e. The van der Waals surface area contributed by atoms with Crippen molar-refractivity contribution in [2.75, 3.05) is 6.54 Å². The van der Waals surface area contributed by atoms with Crippen molar-refractivity contribution < 1.29 is 4.79 Å². The van der Waals surface area contributed by atoms with Gasteiger partial charge >= 0.3 is 0 Å². The molecule has 0 spiro atoms. The van der Waals surface area contributed by atoms with E-state index in [0.29, 0.717) is 12.6 Å². The van der Waals surface area contributed by atoms with E-state index in [1.54, 1.807) is 4.90 Å². The zero-order valence-corrected chi connectivity index (χ0v) is 12.2. The second kappa shape index (κ2) is 5.40. The van der Waals surface area contributed by atoms with Crippen LogP contribution in [0.3, 0.4) is 0 Å². The third kappa shape index (κ3) is 2.75. The minimum Gasteiger partial charge on any atom is -0.338 e. The minimum atomic E-state index is -0.338. The number of carbonyl (C=O) groups is 1. The number of halogens is 2. The first-order chi connectivity index (χ1) is 8.54. The summed E-state index contributed by atoms with van der Waals surface area (Å²) in [7, 11) is 0. The SMILES string of the molecule is CCN(C(=O)Cn1cnc(Cl)c(Br)c1=O)C1CC1. The highest BCUT2D eigenvalue weighted by Crippen LogP contribution is 2.26. The lowest BCUT2D eigenvalue weighted by atomic mass is 10.4. The van der Waals surface area contributed by atoms with Crippen LogP contribution in [0.1, 0.15) is 19.8 Å². The lowest BCUT2D eigenvalue weighted by Gasteiger charge is -2.20. The van der Waals surface area contributed by atoms with Crippen molar-refractivity contribution in [2.45, 2.75) is 32.4 Å². The molecule has 1 aromatic heterocycles. The molecule has 0 aliphatic heterocycles. The van der Waals surface area contributed by atoms with Crippen molar-refractivity contribution in [3.63, 3.8) is 0 Å². The van der Waals surface area contributed by atoms with Gasteiger partial charge in [0.1, 0.15) is 11.0 Å². The van der Waals surface area contributed by atoms with Crippen LogP contribution >= 0.6 is 27.5 Å².